The Morgan fingerprint density at radius 1 is 1.17 bits per heavy atom. The molecule has 1 aromatic rings. The van der Waals surface area contributed by atoms with E-state index in [0.717, 1.165) is 56.9 Å². The lowest BCUT2D eigenvalue weighted by molar-refractivity contribution is -0.138. The number of fused-ring (bicyclic) bond motifs is 1. The number of carboxylic acid groups (broad SMARTS) is 1. The fourth-order valence-corrected chi connectivity index (χ4v) is 5.90. The monoisotopic (exact) mass is 420 g/mol. The molecule has 1 saturated carbocycles. The van der Waals surface area contributed by atoms with E-state index in [1.54, 1.807) is 6.92 Å². The van der Waals surface area contributed by atoms with Gasteiger partial charge in [-0.2, -0.15) is 0 Å². The number of hydrogen-bond acceptors (Lipinski definition) is 4. The van der Waals surface area contributed by atoms with Crippen LogP contribution in [0, 0.1) is 11.8 Å². The molecule has 2 aliphatic rings. The van der Waals surface area contributed by atoms with Gasteiger partial charge in [0.25, 0.3) is 5.91 Å². The number of thiophene rings is 1. The summed E-state index contributed by atoms with van der Waals surface area (Å²) in [6, 6.07) is 0.226. The van der Waals surface area contributed by atoms with Crippen molar-refractivity contribution >= 4 is 34.1 Å². The van der Waals surface area contributed by atoms with Gasteiger partial charge in [-0.25, -0.2) is 0 Å². The lowest BCUT2D eigenvalue weighted by atomic mass is 9.85. The van der Waals surface area contributed by atoms with Gasteiger partial charge in [-0.1, -0.05) is 33.1 Å². The van der Waals surface area contributed by atoms with Crippen molar-refractivity contribution < 1.29 is 19.5 Å². The van der Waals surface area contributed by atoms with E-state index in [2.05, 4.69) is 17.6 Å². The van der Waals surface area contributed by atoms with Gasteiger partial charge in [-0.05, 0) is 49.5 Å². The molecule has 0 saturated heterocycles. The number of hydrogen-bond donors (Lipinski definition) is 3. The predicted molar refractivity (Wildman–Crippen MR) is 115 cm³/mol. The first-order valence-electron chi connectivity index (χ1n) is 10.8. The van der Waals surface area contributed by atoms with Gasteiger partial charge in [-0.3, -0.25) is 14.4 Å². The van der Waals surface area contributed by atoms with Crippen molar-refractivity contribution in [3.8, 4) is 0 Å². The summed E-state index contributed by atoms with van der Waals surface area (Å²) in [4.78, 5) is 37.7. The van der Waals surface area contributed by atoms with Gasteiger partial charge in [0.15, 0.2) is 0 Å². The first kappa shape index (κ1) is 21.8. The van der Waals surface area contributed by atoms with Gasteiger partial charge in [0.2, 0.25) is 5.91 Å². The number of anilines is 1. The van der Waals surface area contributed by atoms with Crippen molar-refractivity contribution in [1.82, 2.24) is 5.32 Å². The maximum absolute atomic E-state index is 13.1. The highest BCUT2D eigenvalue weighted by molar-refractivity contribution is 7.17. The van der Waals surface area contributed by atoms with Crippen LogP contribution in [0.5, 0.6) is 0 Å². The number of amides is 2. The van der Waals surface area contributed by atoms with E-state index < -0.39 is 5.97 Å². The summed E-state index contributed by atoms with van der Waals surface area (Å²) in [5, 5.41) is 15.7. The average Bonchev–Trinajstić information content (AvgIpc) is 3.26. The number of rotatable bonds is 8. The van der Waals surface area contributed by atoms with E-state index in [4.69, 9.17) is 5.11 Å². The molecular formula is C22H32N2O4S. The van der Waals surface area contributed by atoms with Crippen molar-refractivity contribution in [2.24, 2.45) is 11.8 Å². The summed E-state index contributed by atoms with van der Waals surface area (Å²) < 4.78 is 0. The van der Waals surface area contributed by atoms with Crippen molar-refractivity contribution in [2.75, 3.05) is 5.32 Å². The molecule has 160 valence electrons. The molecule has 0 spiro atoms. The first-order valence-corrected chi connectivity index (χ1v) is 11.7. The van der Waals surface area contributed by atoms with Crippen LogP contribution in [0.1, 0.15) is 86.0 Å². The number of carbonyl (C=O) groups is 3. The topological polar surface area (TPSA) is 95.5 Å². The van der Waals surface area contributed by atoms with Gasteiger partial charge in [0.1, 0.15) is 5.00 Å². The lowest BCUT2D eigenvalue weighted by Crippen LogP contribution is -2.33. The van der Waals surface area contributed by atoms with E-state index >= 15 is 0 Å². The van der Waals surface area contributed by atoms with E-state index in [1.807, 2.05) is 0 Å². The minimum Gasteiger partial charge on any atom is -0.481 e. The third-order valence-electron chi connectivity index (χ3n) is 6.17. The zero-order valence-corrected chi connectivity index (χ0v) is 18.2. The zero-order valence-electron chi connectivity index (χ0n) is 17.4. The van der Waals surface area contributed by atoms with Crippen LogP contribution in [0.3, 0.4) is 0 Å². The quantitative estimate of drug-likeness (QED) is 0.582. The maximum atomic E-state index is 13.1. The molecule has 1 heterocycles. The Labute approximate surface area is 176 Å². The molecule has 2 amide bonds. The molecule has 0 aromatic carbocycles. The molecule has 0 unspecified atom stereocenters. The minimum atomic E-state index is -0.904. The molecule has 2 aliphatic carbocycles. The van der Waals surface area contributed by atoms with Gasteiger partial charge in [0.05, 0.1) is 5.56 Å². The molecule has 7 heteroatoms. The van der Waals surface area contributed by atoms with Gasteiger partial charge in [-0.15, -0.1) is 11.3 Å². The largest absolute Gasteiger partial charge is 0.481 e. The second kappa shape index (κ2) is 9.74. The highest BCUT2D eigenvalue weighted by Crippen LogP contribution is 2.40. The standard InChI is InChI=1S/C22H32N2O4S/c1-3-14-8-9-16-17(12-14)29-22(24-18(25)10-13(2)11-19(26)27)20(16)21(28)23-15-6-4-5-7-15/h13-15H,3-12H2,1-2H3,(H,23,28)(H,24,25)(H,26,27)/t13-,14+/m1/s1. The van der Waals surface area contributed by atoms with E-state index in [1.165, 1.54) is 16.2 Å². The molecule has 3 N–H and O–H groups in total. The Hall–Kier alpha value is -1.89. The maximum Gasteiger partial charge on any atom is 0.303 e. The molecule has 0 bridgehead atoms. The van der Waals surface area contributed by atoms with Crippen LogP contribution in [0.4, 0.5) is 5.00 Å². The van der Waals surface area contributed by atoms with Gasteiger partial charge in [0, 0.05) is 23.8 Å². The molecule has 29 heavy (non-hydrogen) atoms. The van der Waals surface area contributed by atoms with E-state index in [0.29, 0.717) is 16.5 Å². The third-order valence-corrected chi connectivity index (χ3v) is 7.34. The summed E-state index contributed by atoms with van der Waals surface area (Å²) in [6.45, 7) is 3.95. The molecule has 1 fully saturated rings. The Balaban J connectivity index is 1.79. The Bertz CT molecular complexity index is 767. The fourth-order valence-electron chi connectivity index (χ4n) is 4.52. The van der Waals surface area contributed by atoms with Crippen LogP contribution >= 0.6 is 11.3 Å². The molecule has 1 aromatic heterocycles. The smallest absolute Gasteiger partial charge is 0.303 e. The summed E-state index contributed by atoms with van der Waals surface area (Å²) in [7, 11) is 0. The number of carbonyl (C=O) groups excluding carboxylic acids is 2. The predicted octanol–water partition coefficient (Wildman–Crippen LogP) is 4.37. The van der Waals surface area contributed by atoms with E-state index in [-0.39, 0.29) is 36.6 Å². The van der Waals surface area contributed by atoms with Crippen LogP contribution in [-0.2, 0) is 22.4 Å². The Kier molecular flexibility index (Phi) is 7.33. The SMILES string of the molecule is CC[C@H]1CCc2c(sc(NC(=O)C[C@@H](C)CC(=O)O)c2C(=O)NC2CCCC2)C1. The highest BCUT2D eigenvalue weighted by atomic mass is 32.1. The Morgan fingerprint density at radius 3 is 2.55 bits per heavy atom. The van der Waals surface area contributed by atoms with E-state index in [9.17, 15) is 14.4 Å². The summed E-state index contributed by atoms with van der Waals surface area (Å²) >= 11 is 1.53. The van der Waals surface area contributed by atoms with Crippen molar-refractivity contribution in [3.63, 3.8) is 0 Å². The second-order valence-electron chi connectivity index (χ2n) is 8.64. The van der Waals surface area contributed by atoms with Crippen LogP contribution in [-0.4, -0.2) is 28.9 Å². The second-order valence-corrected chi connectivity index (χ2v) is 9.74. The third kappa shape index (κ3) is 5.59. The van der Waals surface area contributed by atoms with Crippen molar-refractivity contribution in [2.45, 2.75) is 84.1 Å². The van der Waals surface area contributed by atoms with Gasteiger partial charge >= 0.3 is 5.97 Å². The minimum absolute atomic E-state index is 0.0401. The molecule has 0 radical (unpaired) electrons. The van der Waals surface area contributed by atoms with Crippen LogP contribution in [0.25, 0.3) is 0 Å². The molecule has 6 nitrogen and oxygen atoms in total. The summed E-state index contributed by atoms with van der Waals surface area (Å²) in [6.07, 6.45) is 8.47. The fraction of sp³-hybridized carbons (Fsp3) is 0.682. The zero-order chi connectivity index (χ0) is 21.0. The molecule has 0 aliphatic heterocycles. The van der Waals surface area contributed by atoms with Crippen LogP contribution in [0.15, 0.2) is 0 Å². The van der Waals surface area contributed by atoms with Crippen LogP contribution < -0.4 is 10.6 Å². The summed E-state index contributed by atoms with van der Waals surface area (Å²) in [5.41, 5.74) is 1.75. The van der Waals surface area contributed by atoms with Crippen molar-refractivity contribution in [3.05, 3.63) is 16.0 Å². The van der Waals surface area contributed by atoms with Crippen LogP contribution in [0.2, 0.25) is 0 Å². The summed E-state index contributed by atoms with van der Waals surface area (Å²) in [5.74, 6) is -0.815. The lowest BCUT2D eigenvalue weighted by Gasteiger charge is -2.21. The highest BCUT2D eigenvalue weighted by Gasteiger charge is 2.30. The molecule has 3 rings (SSSR count). The molecule has 2 atom stereocenters. The average molecular weight is 421 g/mol. The number of nitrogens with one attached hydrogen (secondary N) is 2. The first-order chi connectivity index (χ1) is 13.9. The molecular weight excluding hydrogens is 388 g/mol. The number of carboxylic acids is 1. The number of aliphatic carboxylic acids is 1. The Morgan fingerprint density at radius 2 is 1.90 bits per heavy atom. The van der Waals surface area contributed by atoms with Crippen molar-refractivity contribution in [1.29, 1.82) is 0 Å². The van der Waals surface area contributed by atoms with Gasteiger partial charge < -0.3 is 15.7 Å². The normalized spacial score (nSPS) is 20.1.